The van der Waals surface area contributed by atoms with Gasteiger partial charge in [-0.1, -0.05) is 11.5 Å². The van der Waals surface area contributed by atoms with Crippen molar-refractivity contribution in [1.29, 1.82) is 0 Å². The van der Waals surface area contributed by atoms with Crippen molar-refractivity contribution in [3.63, 3.8) is 0 Å². The molecular formula is C12H12BF4KN2O. The average molecular weight is 326 g/mol. The van der Waals surface area contributed by atoms with E-state index in [1.165, 1.54) is 0 Å². The molecule has 1 heterocycles. The summed E-state index contributed by atoms with van der Waals surface area (Å²) in [4.78, 5) is 0. The third-order valence-electron chi connectivity index (χ3n) is 2.73. The molecule has 0 aliphatic rings. The van der Waals surface area contributed by atoms with E-state index in [2.05, 4.69) is 5.10 Å². The van der Waals surface area contributed by atoms with Gasteiger partial charge in [-0.05, 0) is 11.6 Å². The fourth-order valence-corrected chi connectivity index (χ4v) is 1.78. The minimum absolute atomic E-state index is 0. The zero-order chi connectivity index (χ0) is 14.8. The normalized spacial score (nSPS) is 11.1. The molecule has 1 aromatic carbocycles. The summed E-state index contributed by atoms with van der Waals surface area (Å²) in [5.41, 5.74) is -0.0828. The molecule has 9 heteroatoms. The van der Waals surface area contributed by atoms with Crippen LogP contribution in [0, 0.1) is 5.82 Å². The number of rotatable bonds is 5. The van der Waals surface area contributed by atoms with Crippen LogP contribution in [0.4, 0.5) is 17.3 Å². The molecule has 0 aliphatic heterocycles. The van der Waals surface area contributed by atoms with Gasteiger partial charge in [0.05, 0.1) is 18.6 Å². The average Bonchev–Trinajstić information content (AvgIpc) is 2.73. The molecule has 0 atom stereocenters. The van der Waals surface area contributed by atoms with Crippen LogP contribution in [-0.4, -0.2) is 23.4 Å². The molecule has 0 aliphatic carbocycles. The predicted molar refractivity (Wildman–Crippen MR) is 67.5 cm³/mol. The van der Waals surface area contributed by atoms with E-state index in [0.717, 1.165) is 17.7 Å². The molecule has 0 fully saturated rings. The maximum Gasteiger partial charge on any atom is 1.00 e. The Kier molecular flexibility index (Phi) is 6.92. The molecule has 2 rings (SSSR count). The first-order valence-corrected chi connectivity index (χ1v) is 5.96. The summed E-state index contributed by atoms with van der Waals surface area (Å²) in [7, 11) is 1.74. The zero-order valence-corrected chi connectivity index (χ0v) is 14.8. The van der Waals surface area contributed by atoms with Crippen LogP contribution in [-0.2, 0) is 13.5 Å². The van der Waals surface area contributed by atoms with Crippen molar-refractivity contribution in [3.8, 4) is 5.75 Å². The van der Waals surface area contributed by atoms with Gasteiger partial charge in [-0.2, -0.15) is 5.10 Å². The maximum atomic E-state index is 13.0. The van der Waals surface area contributed by atoms with E-state index in [1.54, 1.807) is 24.1 Å². The van der Waals surface area contributed by atoms with Gasteiger partial charge >= 0.3 is 58.4 Å². The van der Waals surface area contributed by atoms with Gasteiger partial charge in [-0.3, -0.25) is 4.68 Å². The number of halogens is 4. The molecule has 0 amide bonds. The summed E-state index contributed by atoms with van der Waals surface area (Å²) in [6, 6.07) is 2.24. The molecular weight excluding hydrogens is 314 g/mol. The van der Waals surface area contributed by atoms with Crippen LogP contribution >= 0.6 is 0 Å². The van der Waals surface area contributed by atoms with E-state index in [1.807, 2.05) is 0 Å². The van der Waals surface area contributed by atoms with Gasteiger partial charge < -0.3 is 17.7 Å². The third kappa shape index (κ3) is 5.41. The summed E-state index contributed by atoms with van der Waals surface area (Å²) in [5, 5.41) is 3.94. The van der Waals surface area contributed by atoms with Gasteiger partial charge in [-0.15, -0.1) is 0 Å². The molecule has 0 radical (unpaired) electrons. The Labute approximate surface area is 162 Å². The summed E-state index contributed by atoms with van der Waals surface area (Å²) in [6.07, 6.45) is 3.74. The Bertz CT molecular complexity index is 603. The number of hydrogen-bond donors (Lipinski definition) is 0. The van der Waals surface area contributed by atoms with E-state index in [4.69, 9.17) is 4.74 Å². The molecule has 0 saturated heterocycles. The van der Waals surface area contributed by atoms with Crippen molar-refractivity contribution in [2.45, 2.75) is 6.42 Å². The van der Waals surface area contributed by atoms with E-state index < -0.39 is 24.0 Å². The Balaban J connectivity index is 0.00000220. The molecule has 108 valence electrons. The van der Waals surface area contributed by atoms with E-state index >= 15 is 0 Å². The predicted octanol–water partition coefficient (Wildman–Crippen LogP) is -0.761. The van der Waals surface area contributed by atoms with Crippen LogP contribution in [0.3, 0.4) is 0 Å². The number of nitrogens with zero attached hydrogens (tertiary/aromatic N) is 2. The molecule has 0 saturated carbocycles. The quantitative estimate of drug-likeness (QED) is 0.534. The van der Waals surface area contributed by atoms with Crippen LogP contribution < -0.4 is 61.6 Å². The third-order valence-corrected chi connectivity index (χ3v) is 2.73. The van der Waals surface area contributed by atoms with E-state index in [0.29, 0.717) is 12.5 Å². The van der Waals surface area contributed by atoms with Gasteiger partial charge in [0.2, 0.25) is 0 Å². The Morgan fingerprint density at radius 1 is 1.29 bits per heavy atom. The Morgan fingerprint density at radius 3 is 2.57 bits per heavy atom. The molecule has 3 nitrogen and oxygen atoms in total. The van der Waals surface area contributed by atoms with Crippen molar-refractivity contribution >= 4 is 12.4 Å². The van der Waals surface area contributed by atoms with Crippen molar-refractivity contribution in [2.75, 3.05) is 6.61 Å². The standard InChI is InChI=1S/C12H12BF4N2O.K/c1-19-8-9(7-18-19)4-5-20-12-6-10(14)2-3-11(12)13(15,16)17;/h2-3,6-8H,4-5H2,1H3;/q-1;+1. The first-order chi connectivity index (χ1) is 9.36. The van der Waals surface area contributed by atoms with Gasteiger partial charge in [0.15, 0.2) is 0 Å². The van der Waals surface area contributed by atoms with E-state index in [-0.39, 0.29) is 58.0 Å². The van der Waals surface area contributed by atoms with Crippen molar-refractivity contribution in [3.05, 3.63) is 42.0 Å². The first kappa shape index (κ1) is 18.7. The maximum absolute atomic E-state index is 13.0. The number of aryl methyl sites for hydroxylation is 1. The number of ether oxygens (including phenoxy) is 1. The summed E-state index contributed by atoms with van der Waals surface area (Å²) >= 11 is 0. The summed E-state index contributed by atoms with van der Waals surface area (Å²) < 4.78 is 58.0. The smallest absolute Gasteiger partial charge is 0.496 e. The van der Waals surface area contributed by atoms with Crippen LogP contribution in [0.25, 0.3) is 0 Å². The minimum Gasteiger partial charge on any atom is -0.496 e. The fraction of sp³-hybridized carbons (Fsp3) is 0.250. The molecule has 0 spiro atoms. The monoisotopic (exact) mass is 326 g/mol. The zero-order valence-electron chi connectivity index (χ0n) is 11.7. The van der Waals surface area contributed by atoms with Crippen LogP contribution in [0.1, 0.15) is 5.56 Å². The van der Waals surface area contributed by atoms with Gasteiger partial charge in [0.25, 0.3) is 0 Å². The molecule has 0 N–H and O–H groups in total. The first-order valence-electron chi connectivity index (χ1n) is 5.96. The van der Waals surface area contributed by atoms with E-state index in [9.17, 15) is 17.3 Å². The number of aromatic nitrogens is 2. The van der Waals surface area contributed by atoms with Crippen LogP contribution in [0.5, 0.6) is 5.75 Å². The van der Waals surface area contributed by atoms with Crippen LogP contribution in [0.15, 0.2) is 30.6 Å². The molecule has 0 bridgehead atoms. The van der Waals surface area contributed by atoms with Gasteiger partial charge in [0, 0.05) is 25.7 Å². The summed E-state index contributed by atoms with van der Waals surface area (Å²) in [6.45, 7) is -5.21. The number of benzene rings is 1. The Hall–Kier alpha value is -0.349. The number of hydrogen-bond acceptors (Lipinski definition) is 2. The second kappa shape index (κ2) is 7.78. The van der Waals surface area contributed by atoms with Crippen LogP contribution in [0.2, 0.25) is 0 Å². The summed E-state index contributed by atoms with van der Waals surface area (Å²) in [5.74, 6) is -1.23. The molecule has 2 aromatic rings. The van der Waals surface area contributed by atoms with Crippen molar-refractivity contribution < 1.29 is 73.5 Å². The minimum atomic E-state index is -5.23. The second-order valence-corrected chi connectivity index (χ2v) is 4.38. The fourth-order valence-electron chi connectivity index (χ4n) is 1.78. The second-order valence-electron chi connectivity index (χ2n) is 4.38. The van der Waals surface area contributed by atoms with Crippen molar-refractivity contribution in [1.82, 2.24) is 9.78 Å². The van der Waals surface area contributed by atoms with Crippen molar-refractivity contribution in [2.24, 2.45) is 7.05 Å². The topological polar surface area (TPSA) is 27.1 Å². The molecule has 21 heavy (non-hydrogen) atoms. The molecule has 0 unspecified atom stereocenters. The van der Waals surface area contributed by atoms with Gasteiger partial charge in [0.1, 0.15) is 5.82 Å². The molecule has 1 aromatic heterocycles. The largest absolute Gasteiger partial charge is 1.00 e. The SMILES string of the molecule is Cn1cc(CCOc2cc(F)ccc2[B-](F)(F)F)cn1.[K+]. The Morgan fingerprint density at radius 2 is 2.00 bits per heavy atom. The van der Waals surface area contributed by atoms with Gasteiger partial charge in [-0.25, -0.2) is 4.39 Å².